The highest BCUT2D eigenvalue weighted by Crippen LogP contribution is 2.25. The lowest BCUT2D eigenvalue weighted by molar-refractivity contribution is 0.111. The van der Waals surface area contributed by atoms with E-state index in [0.717, 1.165) is 50.8 Å². The Hall–Kier alpha value is -1.30. The lowest BCUT2D eigenvalue weighted by Crippen LogP contribution is -2.52. The molecule has 0 aromatic heterocycles. The van der Waals surface area contributed by atoms with Gasteiger partial charge in [-0.15, -0.1) is 0 Å². The molecule has 2 rings (SSSR count). The lowest BCUT2D eigenvalue weighted by Gasteiger charge is -2.37. The minimum atomic E-state index is -0.127. The van der Waals surface area contributed by atoms with Crippen LogP contribution in [0.25, 0.3) is 0 Å². The normalized spacial score (nSPS) is 17.5. The van der Waals surface area contributed by atoms with Crippen LogP contribution in [-0.4, -0.2) is 62.3 Å². The molecule has 1 aliphatic heterocycles. The van der Waals surface area contributed by atoms with Gasteiger partial charge in [0.1, 0.15) is 11.5 Å². The highest BCUT2D eigenvalue weighted by atomic mass is 16.5. The molecule has 0 amide bonds. The Bertz CT molecular complexity index is 477. The van der Waals surface area contributed by atoms with E-state index in [1.165, 1.54) is 5.56 Å². The van der Waals surface area contributed by atoms with Crippen LogP contribution in [0.15, 0.2) is 18.2 Å². The molecular formula is C17H29N3O2. The molecule has 5 nitrogen and oxygen atoms in total. The van der Waals surface area contributed by atoms with Crippen molar-refractivity contribution in [3.63, 3.8) is 0 Å². The molecule has 0 aliphatic carbocycles. The fourth-order valence-corrected chi connectivity index (χ4v) is 2.93. The van der Waals surface area contributed by atoms with E-state index in [-0.39, 0.29) is 5.54 Å². The summed E-state index contributed by atoms with van der Waals surface area (Å²) >= 11 is 0. The Morgan fingerprint density at radius 1 is 1.05 bits per heavy atom. The van der Waals surface area contributed by atoms with Gasteiger partial charge < -0.3 is 15.2 Å². The fraction of sp³-hybridized carbons (Fsp3) is 0.647. The Kier molecular flexibility index (Phi) is 5.67. The summed E-state index contributed by atoms with van der Waals surface area (Å²) in [6, 6.07) is 5.97. The average Bonchev–Trinajstić information content (AvgIpc) is 2.47. The summed E-state index contributed by atoms with van der Waals surface area (Å²) in [4.78, 5) is 4.90. The highest BCUT2D eigenvalue weighted by molar-refractivity contribution is 5.40. The topological polar surface area (TPSA) is 51.0 Å². The first kappa shape index (κ1) is 17.1. The van der Waals surface area contributed by atoms with E-state index < -0.39 is 0 Å². The molecule has 1 fully saturated rings. The maximum atomic E-state index is 6.11. The first-order valence-electron chi connectivity index (χ1n) is 7.86. The molecule has 2 N–H and O–H groups in total. The number of nitrogens with zero attached hydrogens (tertiary/aromatic N) is 2. The lowest BCUT2D eigenvalue weighted by atomic mass is 10.1. The van der Waals surface area contributed by atoms with Crippen molar-refractivity contribution in [2.24, 2.45) is 5.73 Å². The van der Waals surface area contributed by atoms with Crippen LogP contribution in [-0.2, 0) is 6.54 Å². The number of hydrogen-bond acceptors (Lipinski definition) is 5. The van der Waals surface area contributed by atoms with E-state index in [4.69, 9.17) is 15.2 Å². The number of rotatable bonds is 6. The van der Waals surface area contributed by atoms with Gasteiger partial charge in [-0.1, -0.05) is 0 Å². The Labute approximate surface area is 134 Å². The molecule has 0 atom stereocenters. The smallest absolute Gasteiger partial charge is 0.123 e. The second kappa shape index (κ2) is 7.31. The van der Waals surface area contributed by atoms with E-state index in [2.05, 4.69) is 29.7 Å². The minimum Gasteiger partial charge on any atom is -0.497 e. The van der Waals surface area contributed by atoms with E-state index in [0.29, 0.717) is 0 Å². The summed E-state index contributed by atoms with van der Waals surface area (Å²) in [6.45, 7) is 10.2. The van der Waals surface area contributed by atoms with Gasteiger partial charge in [0.2, 0.25) is 0 Å². The molecule has 124 valence electrons. The first-order chi connectivity index (χ1) is 10.4. The highest BCUT2D eigenvalue weighted by Gasteiger charge is 2.22. The second-order valence-corrected chi connectivity index (χ2v) is 6.72. The zero-order valence-electron chi connectivity index (χ0n) is 14.3. The van der Waals surface area contributed by atoms with Crippen molar-refractivity contribution in [3.05, 3.63) is 23.8 Å². The molecule has 0 bridgehead atoms. The maximum absolute atomic E-state index is 6.11. The van der Waals surface area contributed by atoms with Crippen molar-refractivity contribution in [2.75, 3.05) is 46.9 Å². The van der Waals surface area contributed by atoms with Gasteiger partial charge in [0.25, 0.3) is 0 Å². The van der Waals surface area contributed by atoms with Crippen molar-refractivity contribution >= 4 is 0 Å². The fourth-order valence-electron chi connectivity index (χ4n) is 2.93. The molecule has 1 saturated heterocycles. The summed E-state index contributed by atoms with van der Waals surface area (Å²) in [7, 11) is 3.41. The predicted molar refractivity (Wildman–Crippen MR) is 89.5 cm³/mol. The average molecular weight is 307 g/mol. The van der Waals surface area contributed by atoms with Crippen LogP contribution in [0.2, 0.25) is 0 Å². The van der Waals surface area contributed by atoms with Crippen molar-refractivity contribution in [2.45, 2.75) is 25.9 Å². The standard InChI is InChI=1S/C17H29N3O2/c1-17(2,18)13-20-9-7-19(8-10-20)12-14-11-15(21-3)5-6-16(14)22-4/h5-6,11H,7-10,12-13,18H2,1-4H3. The third kappa shape index (κ3) is 4.87. The zero-order valence-corrected chi connectivity index (χ0v) is 14.3. The summed E-state index contributed by atoms with van der Waals surface area (Å²) in [5.74, 6) is 1.80. The van der Waals surface area contributed by atoms with Crippen molar-refractivity contribution in [3.8, 4) is 11.5 Å². The number of benzene rings is 1. The Morgan fingerprint density at radius 3 is 2.23 bits per heavy atom. The first-order valence-corrected chi connectivity index (χ1v) is 7.86. The molecule has 1 heterocycles. The monoisotopic (exact) mass is 307 g/mol. The summed E-state index contributed by atoms with van der Waals surface area (Å²) in [6.07, 6.45) is 0. The van der Waals surface area contributed by atoms with Crippen molar-refractivity contribution in [1.29, 1.82) is 0 Å². The molecule has 0 spiro atoms. The van der Waals surface area contributed by atoms with Gasteiger partial charge >= 0.3 is 0 Å². The number of ether oxygens (including phenoxy) is 2. The summed E-state index contributed by atoms with van der Waals surface area (Å²) in [5, 5.41) is 0. The van der Waals surface area contributed by atoms with Crippen LogP contribution in [0.1, 0.15) is 19.4 Å². The largest absolute Gasteiger partial charge is 0.497 e. The van der Waals surface area contributed by atoms with Gasteiger partial charge in [0, 0.05) is 50.4 Å². The number of piperazine rings is 1. The van der Waals surface area contributed by atoms with Crippen molar-refractivity contribution in [1.82, 2.24) is 9.80 Å². The van der Waals surface area contributed by atoms with Crippen LogP contribution in [0.4, 0.5) is 0 Å². The molecule has 0 saturated carbocycles. The number of nitrogens with two attached hydrogens (primary N) is 1. The van der Waals surface area contributed by atoms with Crippen molar-refractivity contribution < 1.29 is 9.47 Å². The Balaban J connectivity index is 1.93. The van der Waals surface area contributed by atoms with Gasteiger partial charge in [-0.25, -0.2) is 0 Å². The van der Waals surface area contributed by atoms with E-state index in [9.17, 15) is 0 Å². The Morgan fingerprint density at radius 2 is 1.68 bits per heavy atom. The molecule has 1 aliphatic rings. The van der Waals surface area contributed by atoms with Crippen LogP contribution < -0.4 is 15.2 Å². The predicted octanol–water partition coefficient (Wildman–Crippen LogP) is 1.56. The number of methoxy groups -OCH3 is 2. The molecule has 22 heavy (non-hydrogen) atoms. The van der Waals surface area contributed by atoms with Crippen LogP contribution in [0.5, 0.6) is 11.5 Å². The van der Waals surface area contributed by atoms with Crippen LogP contribution >= 0.6 is 0 Å². The number of hydrogen-bond donors (Lipinski definition) is 1. The van der Waals surface area contributed by atoms with Gasteiger partial charge in [-0.3, -0.25) is 9.80 Å². The SMILES string of the molecule is COc1ccc(OC)c(CN2CCN(CC(C)(C)N)CC2)c1. The zero-order chi connectivity index (χ0) is 16.2. The van der Waals surface area contributed by atoms with Gasteiger partial charge in [-0.2, -0.15) is 0 Å². The second-order valence-electron chi connectivity index (χ2n) is 6.72. The molecule has 0 radical (unpaired) electrons. The van der Waals surface area contributed by atoms with Gasteiger partial charge in [0.15, 0.2) is 0 Å². The molecule has 1 aromatic carbocycles. The molecule has 5 heteroatoms. The summed E-state index contributed by atoms with van der Waals surface area (Å²) in [5.41, 5.74) is 7.16. The van der Waals surface area contributed by atoms with Crippen LogP contribution in [0.3, 0.4) is 0 Å². The van der Waals surface area contributed by atoms with Gasteiger partial charge in [0.05, 0.1) is 14.2 Å². The molecule has 0 unspecified atom stereocenters. The third-order valence-corrected chi connectivity index (χ3v) is 3.98. The summed E-state index contributed by atoms with van der Waals surface area (Å²) < 4.78 is 10.8. The van der Waals surface area contributed by atoms with Crippen LogP contribution in [0, 0.1) is 0 Å². The van der Waals surface area contributed by atoms with Gasteiger partial charge in [-0.05, 0) is 32.0 Å². The quantitative estimate of drug-likeness (QED) is 0.864. The molecule has 1 aromatic rings. The maximum Gasteiger partial charge on any atom is 0.123 e. The minimum absolute atomic E-state index is 0.127. The van der Waals surface area contributed by atoms with E-state index >= 15 is 0 Å². The van der Waals surface area contributed by atoms with E-state index in [1.54, 1.807) is 14.2 Å². The third-order valence-electron chi connectivity index (χ3n) is 3.98. The molecular weight excluding hydrogens is 278 g/mol. The van der Waals surface area contributed by atoms with E-state index in [1.807, 2.05) is 12.1 Å².